The van der Waals surface area contributed by atoms with Gasteiger partial charge in [0.05, 0.1) is 31.7 Å². The Labute approximate surface area is 135 Å². The summed E-state index contributed by atoms with van der Waals surface area (Å²) < 4.78 is 10.5. The van der Waals surface area contributed by atoms with E-state index in [0.717, 1.165) is 0 Å². The molecule has 0 saturated carbocycles. The summed E-state index contributed by atoms with van der Waals surface area (Å²) in [6.45, 7) is 4.08. The van der Waals surface area contributed by atoms with E-state index in [4.69, 9.17) is 9.47 Å². The maximum atomic E-state index is 12.8. The fourth-order valence-corrected chi connectivity index (χ4v) is 3.43. The van der Waals surface area contributed by atoms with Gasteiger partial charge in [-0.15, -0.1) is 0 Å². The number of fused-ring (bicyclic) bond motifs is 1. The molecule has 1 saturated heterocycles. The van der Waals surface area contributed by atoms with E-state index in [-0.39, 0.29) is 23.7 Å². The second kappa shape index (κ2) is 5.72. The summed E-state index contributed by atoms with van der Waals surface area (Å²) in [4.78, 5) is 26.9. The Morgan fingerprint density at radius 3 is 1.70 bits per heavy atom. The smallest absolute Gasteiger partial charge is 0.238 e. The maximum absolute atomic E-state index is 12.8. The van der Waals surface area contributed by atoms with Crippen LogP contribution in [-0.2, 0) is 9.59 Å². The van der Waals surface area contributed by atoms with Crippen molar-refractivity contribution in [2.45, 2.75) is 26.7 Å². The molecule has 5 nitrogen and oxygen atoms in total. The lowest BCUT2D eigenvalue weighted by Crippen LogP contribution is -2.30. The van der Waals surface area contributed by atoms with Crippen molar-refractivity contribution in [3.05, 3.63) is 29.3 Å². The monoisotopic (exact) mass is 315 g/mol. The van der Waals surface area contributed by atoms with Crippen molar-refractivity contribution in [1.29, 1.82) is 0 Å². The van der Waals surface area contributed by atoms with Crippen LogP contribution in [0, 0.1) is 11.8 Å². The quantitative estimate of drug-likeness (QED) is 0.636. The van der Waals surface area contributed by atoms with Crippen molar-refractivity contribution in [2.24, 2.45) is 11.8 Å². The number of amides is 2. The molecule has 0 aromatic heterocycles. The summed E-state index contributed by atoms with van der Waals surface area (Å²) in [5.41, 5.74) is 2.95. The molecule has 1 fully saturated rings. The largest absolute Gasteiger partial charge is 0.497 e. The number of nitrogens with zero attached hydrogens (tertiary/aromatic N) is 1. The lowest BCUT2D eigenvalue weighted by atomic mass is 9.78. The number of imide groups is 1. The molecule has 0 bridgehead atoms. The highest BCUT2D eigenvalue weighted by Gasteiger charge is 2.49. The molecule has 122 valence electrons. The summed E-state index contributed by atoms with van der Waals surface area (Å²) in [6, 6.07) is 5.11. The number of rotatable bonds is 3. The molecule has 0 unspecified atom stereocenters. The number of allylic oxidation sites excluding steroid dienone is 2. The van der Waals surface area contributed by atoms with E-state index in [9.17, 15) is 9.59 Å². The third kappa shape index (κ3) is 2.50. The molecule has 0 spiro atoms. The summed E-state index contributed by atoms with van der Waals surface area (Å²) in [6.07, 6.45) is 1.33. The zero-order valence-corrected chi connectivity index (χ0v) is 13.9. The lowest BCUT2D eigenvalue weighted by molar-refractivity contribution is -0.122. The molecule has 23 heavy (non-hydrogen) atoms. The van der Waals surface area contributed by atoms with E-state index in [2.05, 4.69) is 0 Å². The Morgan fingerprint density at radius 1 is 0.870 bits per heavy atom. The van der Waals surface area contributed by atoms with Gasteiger partial charge in [0, 0.05) is 18.2 Å². The predicted octanol–water partition coefficient (Wildman–Crippen LogP) is 2.94. The molecule has 0 N–H and O–H groups in total. The van der Waals surface area contributed by atoms with Crippen molar-refractivity contribution < 1.29 is 19.1 Å². The number of hydrogen-bond donors (Lipinski definition) is 0. The van der Waals surface area contributed by atoms with Crippen molar-refractivity contribution in [3.63, 3.8) is 0 Å². The van der Waals surface area contributed by atoms with Gasteiger partial charge < -0.3 is 9.47 Å². The van der Waals surface area contributed by atoms with Gasteiger partial charge in [0.25, 0.3) is 0 Å². The molecule has 1 heterocycles. The van der Waals surface area contributed by atoms with Gasteiger partial charge in [0.2, 0.25) is 11.8 Å². The van der Waals surface area contributed by atoms with Crippen LogP contribution in [0.2, 0.25) is 0 Å². The lowest BCUT2D eigenvalue weighted by Gasteiger charge is -2.23. The van der Waals surface area contributed by atoms with E-state index < -0.39 is 0 Å². The molecule has 2 atom stereocenters. The molecular weight excluding hydrogens is 294 g/mol. The van der Waals surface area contributed by atoms with E-state index in [1.54, 1.807) is 32.4 Å². The van der Waals surface area contributed by atoms with E-state index in [1.165, 1.54) is 16.0 Å². The molecule has 2 amide bonds. The number of ether oxygens (including phenoxy) is 2. The average molecular weight is 315 g/mol. The number of methoxy groups -OCH3 is 2. The first-order chi connectivity index (χ1) is 11.0. The van der Waals surface area contributed by atoms with Crippen LogP contribution in [0.4, 0.5) is 5.69 Å². The highest BCUT2D eigenvalue weighted by Crippen LogP contribution is 2.43. The molecule has 1 aromatic rings. The van der Waals surface area contributed by atoms with E-state index in [1.807, 2.05) is 13.8 Å². The molecule has 5 heteroatoms. The van der Waals surface area contributed by atoms with Gasteiger partial charge >= 0.3 is 0 Å². The Kier molecular flexibility index (Phi) is 3.88. The second-order valence-corrected chi connectivity index (χ2v) is 6.26. The summed E-state index contributed by atoms with van der Waals surface area (Å²) in [5.74, 6) is 0.372. The van der Waals surface area contributed by atoms with Crippen molar-refractivity contribution >= 4 is 17.5 Å². The minimum Gasteiger partial charge on any atom is -0.497 e. The highest BCUT2D eigenvalue weighted by atomic mass is 16.5. The number of benzene rings is 1. The van der Waals surface area contributed by atoms with Gasteiger partial charge in [-0.3, -0.25) is 9.59 Å². The van der Waals surface area contributed by atoms with Gasteiger partial charge in [0.1, 0.15) is 11.5 Å². The van der Waals surface area contributed by atoms with Crippen LogP contribution in [-0.4, -0.2) is 26.0 Å². The standard InChI is InChI=1S/C18H21NO4/c1-10-5-15-16(6-11(10)2)18(21)19(17(15)20)12-7-13(22-3)9-14(8-12)23-4/h7-9,15-16H,5-6H2,1-4H3/t15-,16-/m1/s1. The van der Waals surface area contributed by atoms with Crippen LogP contribution < -0.4 is 14.4 Å². The van der Waals surface area contributed by atoms with Gasteiger partial charge in [0.15, 0.2) is 0 Å². The van der Waals surface area contributed by atoms with Crippen molar-refractivity contribution in [3.8, 4) is 11.5 Å². The maximum Gasteiger partial charge on any atom is 0.238 e. The Morgan fingerprint density at radius 2 is 1.30 bits per heavy atom. The number of anilines is 1. The van der Waals surface area contributed by atoms with Crippen molar-refractivity contribution in [2.75, 3.05) is 19.1 Å². The first-order valence-electron chi connectivity index (χ1n) is 7.72. The highest BCUT2D eigenvalue weighted by molar-refractivity contribution is 6.22. The third-order valence-corrected chi connectivity index (χ3v) is 4.94. The molecule has 3 rings (SSSR count). The fraction of sp³-hybridized carbons (Fsp3) is 0.444. The van der Waals surface area contributed by atoms with Crippen LogP contribution in [0.15, 0.2) is 29.3 Å². The zero-order chi connectivity index (χ0) is 16.7. The van der Waals surface area contributed by atoms with Crippen LogP contribution in [0.5, 0.6) is 11.5 Å². The van der Waals surface area contributed by atoms with Crippen LogP contribution in [0.3, 0.4) is 0 Å². The second-order valence-electron chi connectivity index (χ2n) is 6.26. The average Bonchev–Trinajstić information content (AvgIpc) is 2.78. The summed E-state index contributed by atoms with van der Waals surface area (Å²) in [7, 11) is 3.09. The zero-order valence-electron chi connectivity index (χ0n) is 13.9. The Balaban J connectivity index is 1.99. The number of carbonyl (C=O) groups excluding carboxylic acids is 2. The van der Waals surface area contributed by atoms with Crippen LogP contribution in [0.1, 0.15) is 26.7 Å². The van der Waals surface area contributed by atoms with E-state index in [0.29, 0.717) is 30.0 Å². The fourth-order valence-electron chi connectivity index (χ4n) is 3.43. The van der Waals surface area contributed by atoms with E-state index >= 15 is 0 Å². The van der Waals surface area contributed by atoms with Gasteiger partial charge in [-0.1, -0.05) is 11.1 Å². The SMILES string of the molecule is COc1cc(OC)cc(N2C(=O)[C@@H]3CC(C)=C(C)C[C@H]3C2=O)c1. The third-order valence-electron chi connectivity index (χ3n) is 4.94. The molecule has 0 radical (unpaired) electrons. The van der Waals surface area contributed by atoms with Gasteiger partial charge in [-0.2, -0.15) is 0 Å². The molecule has 1 aliphatic carbocycles. The van der Waals surface area contributed by atoms with Crippen molar-refractivity contribution in [1.82, 2.24) is 0 Å². The minimum absolute atomic E-state index is 0.123. The predicted molar refractivity (Wildman–Crippen MR) is 86.6 cm³/mol. The Bertz CT molecular complexity index is 653. The first kappa shape index (κ1) is 15.6. The first-order valence-corrected chi connectivity index (χ1v) is 7.72. The molecule has 2 aliphatic rings. The van der Waals surface area contributed by atoms with Gasteiger partial charge in [-0.25, -0.2) is 4.90 Å². The molecule has 1 aromatic carbocycles. The summed E-state index contributed by atoms with van der Waals surface area (Å²) >= 11 is 0. The molecule has 1 aliphatic heterocycles. The van der Waals surface area contributed by atoms with Gasteiger partial charge in [-0.05, 0) is 26.7 Å². The summed E-state index contributed by atoms with van der Waals surface area (Å²) in [5, 5.41) is 0. The normalized spacial score (nSPS) is 24.1. The number of hydrogen-bond acceptors (Lipinski definition) is 4. The topological polar surface area (TPSA) is 55.8 Å². The Hall–Kier alpha value is -2.30. The minimum atomic E-state index is -0.247. The molecular formula is C18H21NO4. The van der Waals surface area contributed by atoms with Crippen LogP contribution in [0.25, 0.3) is 0 Å². The number of carbonyl (C=O) groups is 2. The van der Waals surface area contributed by atoms with Crippen LogP contribution >= 0.6 is 0 Å².